The van der Waals surface area contributed by atoms with Crippen LogP contribution in [0.15, 0.2) is 42.5 Å². The Kier molecular flexibility index (Phi) is 6.45. The molecule has 0 fully saturated rings. The first-order valence-electron chi connectivity index (χ1n) is 7.54. The highest BCUT2D eigenvalue weighted by molar-refractivity contribution is 6.31. The van der Waals surface area contributed by atoms with Crippen molar-refractivity contribution in [2.45, 2.75) is 19.4 Å². The predicted molar refractivity (Wildman–Crippen MR) is 97.2 cm³/mol. The van der Waals surface area contributed by atoms with E-state index in [0.29, 0.717) is 10.8 Å². The minimum absolute atomic E-state index is 0.102. The van der Waals surface area contributed by atoms with E-state index in [1.165, 1.54) is 26.0 Å². The van der Waals surface area contributed by atoms with Gasteiger partial charge in [0.2, 0.25) is 0 Å². The van der Waals surface area contributed by atoms with E-state index in [-0.39, 0.29) is 10.7 Å². The van der Waals surface area contributed by atoms with Crippen LogP contribution in [-0.4, -0.2) is 24.1 Å². The first-order valence-corrected chi connectivity index (χ1v) is 8.30. The average Bonchev–Trinajstić information content (AvgIpc) is 2.58. The topological polar surface area (TPSA) is 64.6 Å². The Balaban J connectivity index is 1.90. The molecule has 1 N–H and O–H groups in total. The van der Waals surface area contributed by atoms with Crippen molar-refractivity contribution >= 4 is 40.8 Å². The van der Waals surface area contributed by atoms with Crippen molar-refractivity contribution in [2.75, 3.05) is 11.9 Å². The standard InChI is InChI=1S/C18H16Cl2FNO4/c1-18(2,26-13-6-3-11(19)4-7-13)17(24)25-10-16(23)22-15-9-12(20)5-8-14(15)21/h3-9H,10H2,1-2H3,(H,22,23). The number of nitrogens with one attached hydrogen (secondary N) is 1. The first-order chi connectivity index (χ1) is 12.2. The summed E-state index contributed by atoms with van der Waals surface area (Å²) in [6.45, 7) is 2.40. The number of anilines is 1. The second-order valence-electron chi connectivity index (χ2n) is 5.81. The van der Waals surface area contributed by atoms with Gasteiger partial charge < -0.3 is 14.8 Å². The van der Waals surface area contributed by atoms with Gasteiger partial charge in [-0.15, -0.1) is 0 Å². The molecule has 0 saturated heterocycles. The lowest BCUT2D eigenvalue weighted by Gasteiger charge is -2.24. The largest absolute Gasteiger partial charge is 0.476 e. The number of carbonyl (C=O) groups is 2. The third kappa shape index (κ3) is 5.61. The molecule has 2 aromatic carbocycles. The number of ether oxygens (including phenoxy) is 2. The molecule has 0 aliphatic heterocycles. The van der Waals surface area contributed by atoms with E-state index in [2.05, 4.69) is 5.32 Å². The van der Waals surface area contributed by atoms with Crippen LogP contribution in [0.2, 0.25) is 10.0 Å². The van der Waals surface area contributed by atoms with Crippen LogP contribution in [0.3, 0.4) is 0 Å². The first kappa shape index (κ1) is 20.0. The van der Waals surface area contributed by atoms with E-state index in [1.54, 1.807) is 24.3 Å². The maximum atomic E-state index is 13.6. The van der Waals surface area contributed by atoms with Gasteiger partial charge in [0.15, 0.2) is 12.2 Å². The molecule has 5 nitrogen and oxygen atoms in total. The van der Waals surface area contributed by atoms with Crippen molar-refractivity contribution in [3.05, 3.63) is 58.3 Å². The normalized spacial score (nSPS) is 11.0. The SMILES string of the molecule is CC(C)(Oc1ccc(Cl)cc1)C(=O)OCC(=O)Nc1cc(Cl)ccc1F. The van der Waals surface area contributed by atoms with Crippen LogP contribution in [0.4, 0.5) is 10.1 Å². The van der Waals surface area contributed by atoms with E-state index in [0.717, 1.165) is 6.07 Å². The van der Waals surface area contributed by atoms with Crippen LogP contribution in [0.25, 0.3) is 0 Å². The highest BCUT2D eigenvalue weighted by Gasteiger charge is 2.32. The second kappa shape index (κ2) is 8.38. The van der Waals surface area contributed by atoms with Crippen molar-refractivity contribution in [3.8, 4) is 5.75 Å². The maximum Gasteiger partial charge on any atom is 0.350 e. The summed E-state index contributed by atoms with van der Waals surface area (Å²) < 4.78 is 24.1. The number of hydrogen-bond donors (Lipinski definition) is 1. The summed E-state index contributed by atoms with van der Waals surface area (Å²) in [5.41, 5.74) is -1.44. The van der Waals surface area contributed by atoms with Crippen LogP contribution < -0.4 is 10.1 Å². The summed E-state index contributed by atoms with van der Waals surface area (Å²) >= 11 is 11.5. The number of hydrogen-bond acceptors (Lipinski definition) is 4. The maximum absolute atomic E-state index is 13.6. The minimum atomic E-state index is -1.34. The Hall–Kier alpha value is -2.31. The molecule has 0 atom stereocenters. The summed E-state index contributed by atoms with van der Waals surface area (Å²) in [5.74, 6) is -1.70. The summed E-state index contributed by atoms with van der Waals surface area (Å²) in [6.07, 6.45) is 0. The molecule has 0 aromatic heterocycles. The average molecular weight is 400 g/mol. The van der Waals surface area contributed by atoms with Crippen LogP contribution >= 0.6 is 23.2 Å². The van der Waals surface area contributed by atoms with E-state index >= 15 is 0 Å². The third-order valence-corrected chi connectivity index (χ3v) is 3.70. The molecule has 2 rings (SSSR count). The van der Waals surface area contributed by atoms with E-state index in [9.17, 15) is 14.0 Å². The van der Waals surface area contributed by atoms with E-state index < -0.39 is 29.9 Å². The monoisotopic (exact) mass is 399 g/mol. The van der Waals surface area contributed by atoms with Crippen molar-refractivity contribution in [2.24, 2.45) is 0 Å². The fraction of sp³-hybridized carbons (Fsp3) is 0.222. The van der Waals surface area contributed by atoms with Crippen LogP contribution in [0, 0.1) is 5.82 Å². The number of amides is 1. The zero-order valence-electron chi connectivity index (χ0n) is 14.0. The fourth-order valence-corrected chi connectivity index (χ4v) is 2.22. The van der Waals surface area contributed by atoms with Crippen LogP contribution in [0.1, 0.15) is 13.8 Å². The molecule has 8 heteroatoms. The molecule has 0 aliphatic rings. The third-order valence-electron chi connectivity index (χ3n) is 3.22. The highest BCUT2D eigenvalue weighted by Crippen LogP contribution is 2.22. The minimum Gasteiger partial charge on any atom is -0.476 e. The molecule has 138 valence electrons. The Morgan fingerprint density at radius 3 is 2.35 bits per heavy atom. The number of carbonyl (C=O) groups excluding carboxylic acids is 2. The van der Waals surface area contributed by atoms with E-state index in [1.807, 2.05) is 0 Å². The van der Waals surface area contributed by atoms with Crippen molar-refractivity contribution < 1.29 is 23.5 Å². The molecular formula is C18H16Cl2FNO4. The Morgan fingerprint density at radius 2 is 1.69 bits per heavy atom. The van der Waals surface area contributed by atoms with Gasteiger partial charge in [0.1, 0.15) is 11.6 Å². The second-order valence-corrected chi connectivity index (χ2v) is 6.69. The molecule has 0 saturated carbocycles. The van der Waals surface area contributed by atoms with E-state index in [4.69, 9.17) is 32.7 Å². The summed E-state index contributed by atoms with van der Waals surface area (Å²) in [4.78, 5) is 24.0. The summed E-state index contributed by atoms with van der Waals surface area (Å²) in [6, 6.07) is 10.2. The number of esters is 1. The van der Waals surface area contributed by atoms with Gasteiger partial charge in [0.05, 0.1) is 5.69 Å². The summed E-state index contributed by atoms with van der Waals surface area (Å²) in [5, 5.41) is 3.07. The molecule has 0 bridgehead atoms. The van der Waals surface area contributed by atoms with Crippen LogP contribution in [-0.2, 0) is 14.3 Å². The smallest absolute Gasteiger partial charge is 0.350 e. The Bertz CT molecular complexity index is 809. The Labute approximate surface area is 160 Å². The number of benzene rings is 2. The lowest BCUT2D eigenvalue weighted by Crippen LogP contribution is -2.41. The highest BCUT2D eigenvalue weighted by atomic mass is 35.5. The quantitative estimate of drug-likeness (QED) is 0.727. The predicted octanol–water partition coefficient (Wildman–Crippen LogP) is 4.47. The molecule has 1 amide bonds. The summed E-state index contributed by atoms with van der Waals surface area (Å²) in [7, 11) is 0. The van der Waals surface area contributed by atoms with Gasteiger partial charge in [-0.1, -0.05) is 23.2 Å². The van der Waals surface area contributed by atoms with Gasteiger partial charge in [-0.05, 0) is 56.3 Å². The molecule has 0 unspecified atom stereocenters. The molecule has 0 heterocycles. The van der Waals surface area contributed by atoms with Gasteiger partial charge >= 0.3 is 5.97 Å². The van der Waals surface area contributed by atoms with Crippen LogP contribution in [0.5, 0.6) is 5.75 Å². The van der Waals surface area contributed by atoms with Gasteiger partial charge in [0.25, 0.3) is 5.91 Å². The fourth-order valence-electron chi connectivity index (χ4n) is 1.92. The molecule has 26 heavy (non-hydrogen) atoms. The van der Waals surface area contributed by atoms with Gasteiger partial charge in [-0.3, -0.25) is 4.79 Å². The molecule has 0 radical (unpaired) electrons. The zero-order chi connectivity index (χ0) is 19.3. The van der Waals surface area contributed by atoms with Crippen molar-refractivity contribution in [1.82, 2.24) is 0 Å². The molecular weight excluding hydrogens is 384 g/mol. The van der Waals surface area contributed by atoms with Crippen molar-refractivity contribution in [3.63, 3.8) is 0 Å². The molecule has 0 spiro atoms. The van der Waals surface area contributed by atoms with Gasteiger partial charge in [0, 0.05) is 10.0 Å². The Morgan fingerprint density at radius 1 is 1.08 bits per heavy atom. The van der Waals surface area contributed by atoms with Gasteiger partial charge in [-0.2, -0.15) is 0 Å². The number of halogens is 3. The van der Waals surface area contributed by atoms with Gasteiger partial charge in [-0.25, -0.2) is 9.18 Å². The van der Waals surface area contributed by atoms with Crippen molar-refractivity contribution in [1.29, 1.82) is 0 Å². The molecule has 0 aliphatic carbocycles. The lowest BCUT2D eigenvalue weighted by molar-refractivity contribution is -0.161. The molecule has 2 aromatic rings. The lowest BCUT2D eigenvalue weighted by atomic mass is 10.1. The number of rotatable bonds is 6. The zero-order valence-corrected chi connectivity index (χ0v) is 15.5.